The number of pyridine rings is 1. The van der Waals surface area contributed by atoms with E-state index in [-0.39, 0.29) is 5.54 Å². The number of nitrogens with zero attached hydrogens (tertiary/aromatic N) is 2. The lowest BCUT2D eigenvalue weighted by atomic mass is 10.1. The van der Waals surface area contributed by atoms with Crippen LogP contribution in [0.1, 0.15) is 24.1 Å². The van der Waals surface area contributed by atoms with Crippen molar-refractivity contribution in [1.82, 2.24) is 4.98 Å². The first-order chi connectivity index (χ1) is 6.27. The quantitative estimate of drug-likeness (QED) is 0.506. The van der Waals surface area contributed by atoms with E-state index in [9.17, 15) is 4.79 Å². The largest absolute Gasteiger partial charge is 0.261 e. The van der Waals surface area contributed by atoms with Gasteiger partial charge in [-0.25, -0.2) is 4.79 Å². The second-order valence-corrected chi connectivity index (χ2v) is 3.42. The highest BCUT2D eigenvalue weighted by Crippen LogP contribution is 2.48. The SMILES string of the molecule is Cc1ccc(C2(N=C=O)CC2)cn1. The Labute approximate surface area is 76.5 Å². The highest BCUT2D eigenvalue weighted by atomic mass is 16.1. The van der Waals surface area contributed by atoms with Gasteiger partial charge in [0.25, 0.3) is 0 Å². The summed E-state index contributed by atoms with van der Waals surface area (Å²) in [7, 11) is 0. The molecule has 0 aromatic carbocycles. The standard InChI is InChI=1S/C10H10N2O/c1-8-2-3-9(6-11-8)10(4-5-10)12-7-13/h2-3,6H,4-5H2,1H3. The molecule has 3 heteroatoms. The van der Waals surface area contributed by atoms with Crippen molar-refractivity contribution >= 4 is 6.08 Å². The van der Waals surface area contributed by atoms with E-state index in [0.717, 1.165) is 24.1 Å². The molecule has 66 valence electrons. The first-order valence-corrected chi connectivity index (χ1v) is 4.29. The maximum Gasteiger partial charge on any atom is 0.235 e. The lowest BCUT2D eigenvalue weighted by Crippen LogP contribution is -2.02. The van der Waals surface area contributed by atoms with E-state index in [4.69, 9.17) is 0 Å². The number of aromatic nitrogens is 1. The van der Waals surface area contributed by atoms with Crippen LogP contribution in [0.2, 0.25) is 0 Å². The third-order valence-corrected chi connectivity index (χ3v) is 2.43. The monoisotopic (exact) mass is 174 g/mol. The Morgan fingerprint density at radius 3 is 2.77 bits per heavy atom. The van der Waals surface area contributed by atoms with Crippen LogP contribution >= 0.6 is 0 Å². The molecular formula is C10H10N2O. The topological polar surface area (TPSA) is 42.3 Å². The average Bonchev–Trinajstić information content (AvgIpc) is 2.87. The highest BCUT2D eigenvalue weighted by molar-refractivity contribution is 5.40. The fraction of sp³-hybridized carbons (Fsp3) is 0.400. The Bertz CT molecular complexity index is 359. The molecule has 0 N–H and O–H groups in total. The van der Waals surface area contributed by atoms with E-state index in [1.807, 2.05) is 19.1 Å². The lowest BCUT2D eigenvalue weighted by Gasteiger charge is -2.06. The van der Waals surface area contributed by atoms with Crippen molar-refractivity contribution in [2.75, 3.05) is 0 Å². The second-order valence-electron chi connectivity index (χ2n) is 3.42. The van der Waals surface area contributed by atoms with Crippen LogP contribution in [0, 0.1) is 6.92 Å². The Kier molecular flexibility index (Phi) is 1.74. The van der Waals surface area contributed by atoms with Crippen LogP contribution in [0.3, 0.4) is 0 Å². The van der Waals surface area contributed by atoms with Crippen molar-refractivity contribution in [1.29, 1.82) is 0 Å². The van der Waals surface area contributed by atoms with Crippen LogP contribution in [0.15, 0.2) is 23.3 Å². The molecule has 0 atom stereocenters. The molecule has 0 bridgehead atoms. The van der Waals surface area contributed by atoms with Crippen molar-refractivity contribution < 1.29 is 4.79 Å². The van der Waals surface area contributed by atoms with Crippen LogP contribution in [-0.2, 0) is 10.3 Å². The molecule has 0 radical (unpaired) electrons. The summed E-state index contributed by atoms with van der Waals surface area (Å²) in [6.07, 6.45) is 5.30. The molecule has 2 rings (SSSR count). The molecule has 0 aliphatic heterocycles. The average molecular weight is 174 g/mol. The number of aliphatic imine (C=N–C) groups is 1. The molecule has 13 heavy (non-hydrogen) atoms. The van der Waals surface area contributed by atoms with Crippen molar-refractivity contribution in [3.63, 3.8) is 0 Å². The number of hydrogen-bond donors (Lipinski definition) is 0. The van der Waals surface area contributed by atoms with Gasteiger partial charge < -0.3 is 0 Å². The van der Waals surface area contributed by atoms with Crippen LogP contribution in [-0.4, -0.2) is 11.1 Å². The third-order valence-electron chi connectivity index (χ3n) is 2.43. The van der Waals surface area contributed by atoms with Gasteiger partial charge in [-0.15, -0.1) is 0 Å². The van der Waals surface area contributed by atoms with Gasteiger partial charge in [-0.2, -0.15) is 4.99 Å². The number of aryl methyl sites for hydroxylation is 1. The molecule has 1 heterocycles. The van der Waals surface area contributed by atoms with Gasteiger partial charge in [0, 0.05) is 11.9 Å². The molecule has 0 saturated heterocycles. The lowest BCUT2D eigenvalue weighted by molar-refractivity contribution is 0.556. The van der Waals surface area contributed by atoms with Crippen LogP contribution in [0.5, 0.6) is 0 Å². The molecule has 3 nitrogen and oxygen atoms in total. The molecule has 1 aliphatic carbocycles. The minimum atomic E-state index is -0.275. The number of rotatable bonds is 2. The second kappa shape index (κ2) is 2.79. The van der Waals surface area contributed by atoms with E-state index in [1.165, 1.54) is 0 Å². The van der Waals surface area contributed by atoms with Gasteiger partial charge in [0.1, 0.15) is 0 Å². The molecule has 1 fully saturated rings. The van der Waals surface area contributed by atoms with Crippen LogP contribution < -0.4 is 0 Å². The van der Waals surface area contributed by atoms with Gasteiger partial charge in [-0.1, -0.05) is 6.07 Å². The molecule has 1 aromatic rings. The predicted molar refractivity (Wildman–Crippen MR) is 48.0 cm³/mol. The van der Waals surface area contributed by atoms with Crippen LogP contribution in [0.25, 0.3) is 0 Å². The van der Waals surface area contributed by atoms with E-state index in [1.54, 1.807) is 12.3 Å². The first-order valence-electron chi connectivity index (χ1n) is 4.29. The van der Waals surface area contributed by atoms with Crippen LogP contribution in [0.4, 0.5) is 0 Å². The molecular weight excluding hydrogens is 164 g/mol. The molecule has 0 amide bonds. The van der Waals surface area contributed by atoms with Gasteiger partial charge in [0.05, 0.1) is 5.54 Å². The molecule has 0 unspecified atom stereocenters. The molecule has 0 spiro atoms. The third kappa shape index (κ3) is 1.38. The fourth-order valence-electron chi connectivity index (χ4n) is 1.41. The zero-order valence-corrected chi connectivity index (χ0v) is 7.45. The van der Waals surface area contributed by atoms with E-state index < -0.39 is 0 Å². The Balaban J connectivity index is 2.35. The number of isocyanates is 1. The van der Waals surface area contributed by atoms with Gasteiger partial charge in [0.2, 0.25) is 6.08 Å². The van der Waals surface area contributed by atoms with Gasteiger partial charge in [0.15, 0.2) is 0 Å². The van der Waals surface area contributed by atoms with Crippen molar-refractivity contribution in [3.05, 3.63) is 29.6 Å². The van der Waals surface area contributed by atoms with Gasteiger partial charge in [-0.05, 0) is 31.4 Å². The Hall–Kier alpha value is -1.47. The molecule has 1 aromatic heterocycles. The van der Waals surface area contributed by atoms with E-state index >= 15 is 0 Å². The minimum Gasteiger partial charge on any atom is -0.261 e. The predicted octanol–water partition coefficient (Wildman–Crippen LogP) is 1.71. The summed E-state index contributed by atoms with van der Waals surface area (Å²) < 4.78 is 0. The number of hydrogen-bond acceptors (Lipinski definition) is 3. The summed E-state index contributed by atoms with van der Waals surface area (Å²) in [5, 5.41) is 0. The van der Waals surface area contributed by atoms with Crippen molar-refractivity contribution in [2.24, 2.45) is 4.99 Å². The summed E-state index contributed by atoms with van der Waals surface area (Å²) in [4.78, 5) is 18.2. The van der Waals surface area contributed by atoms with E-state index in [2.05, 4.69) is 9.98 Å². The highest BCUT2D eigenvalue weighted by Gasteiger charge is 2.44. The summed E-state index contributed by atoms with van der Waals surface area (Å²) in [5.41, 5.74) is 1.73. The minimum absolute atomic E-state index is 0.275. The summed E-state index contributed by atoms with van der Waals surface area (Å²) in [5.74, 6) is 0. The maximum atomic E-state index is 10.2. The fourth-order valence-corrected chi connectivity index (χ4v) is 1.41. The molecule has 1 aliphatic rings. The van der Waals surface area contributed by atoms with Crippen molar-refractivity contribution in [2.45, 2.75) is 25.3 Å². The maximum absolute atomic E-state index is 10.2. The summed E-state index contributed by atoms with van der Waals surface area (Å²) in [6.45, 7) is 1.94. The zero-order valence-electron chi connectivity index (χ0n) is 7.45. The van der Waals surface area contributed by atoms with Gasteiger partial charge in [-0.3, -0.25) is 4.98 Å². The molecule has 1 saturated carbocycles. The first kappa shape index (κ1) is 8.14. The summed E-state index contributed by atoms with van der Waals surface area (Å²) >= 11 is 0. The van der Waals surface area contributed by atoms with Gasteiger partial charge >= 0.3 is 0 Å². The van der Waals surface area contributed by atoms with E-state index in [0.29, 0.717) is 0 Å². The Morgan fingerprint density at radius 1 is 1.54 bits per heavy atom. The summed E-state index contributed by atoms with van der Waals surface area (Å²) in [6, 6.07) is 3.92. The Morgan fingerprint density at radius 2 is 2.31 bits per heavy atom. The van der Waals surface area contributed by atoms with Crippen molar-refractivity contribution in [3.8, 4) is 0 Å². The smallest absolute Gasteiger partial charge is 0.235 e. The number of carbonyl (C=O) groups excluding carboxylic acids is 1. The zero-order chi connectivity index (χ0) is 9.31. The normalized spacial score (nSPS) is 17.6.